The summed E-state index contributed by atoms with van der Waals surface area (Å²) in [7, 11) is 0. The van der Waals surface area contributed by atoms with Gasteiger partial charge in [0.25, 0.3) is 0 Å². The summed E-state index contributed by atoms with van der Waals surface area (Å²) in [5, 5.41) is 10.7. The number of hydrogen-bond donors (Lipinski definition) is 1. The monoisotopic (exact) mass is 268 g/mol. The molecule has 1 N–H and O–H groups in total. The van der Waals surface area contributed by atoms with Crippen LogP contribution < -0.4 is 4.90 Å². The first kappa shape index (κ1) is 12.1. The lowest BCUT2D eigenvalue weighted by molar-refractivity contribution is 0.0986. The summed E-state index contributed by atoms with van der Waals surface area (Å²) in [6, 6.07) is 0.215. The Morgan fingerprint density at radius 3 is 2.50 bits per heavy atom. The summed E-state index contributed by atoms with van der Waals surface area (Å²) >= 11 is 5.78. The number of aliphatic hydroxyl groups is 1. The van der Waals surface area contributed by atoms with E-state index in [9.17, 15) is 5.11 Å². The lowest BCUT2D eigenvalue weighted by Crippen LogP contribution is -2.41. The van der Waals surface area contributed by atoms with Crippen molar-refractivity contribution in [1.29, 1.82) is 0 Å². The highest BCUT2D eigenvalue weighted by Crippen LogP contribution is 2.23. The van der Waals surface area contributed by atoms with Gasteiger partial charge in [0.15, 0.2) is 0 Å². The first-order valence-electron chi connectivity index (χ1n) is 6.38. The SMILES string of the molecule is O[C@@H]1CN(c2ncc(Cl)cn2)C[C@@H]1N1CCCC1. The van der Waals surface area contributed by atoms with Gasteiger partial charge in [0.1, 0.15) is 0 Å². The van der Waals surface area contributed by atoms with E-state index in [-0.39, 0.29) is 12.1 Å². The van der Waals surface area contributed by atoms with Gasteiger partial charge in [-0.15, -0.1) is 0 Å². The lowest BCUT2D eigenvalue weighted by atomic mass is 10.2. The maximum absolute atomic E-state index is 10.2. The van der Waals surface area contributed by atoms with Crippen LogP contribution in [0, 0.1) is 0 Å². The van der Waals surface area contributed by atoms with Crippen LogP contribution >= 0.6 is 11.6 Å². The first-order valence-corrected chi connectivity index (χ1v) is 6.76. The van der Waals surface area contributed by atoms with Crippen LogP contribution in [0.1, 0.15) is 12.8 Å². The number of nitrogens with zero attached hydrogens (tertiary/aromatic N) is 4. The summed E-state index contributed by atoms with van der Waals surface area (Å²) < 4.78 is 0. The molecule has 0 aliphatic carbocycles. The van der Waals surface area contributed by atoms with Crippen molar-refractivity contribution in [3.8, 4) is 0 Å². The molecule has 6 heteroatoms. The van der Waals surface area contributed by atoms with E-state index in [4.69, 9.17) is 11.6 Å². The van der Waals surface area contributed by atoms with E-state index in [1.165, 1.54) is 12.8 Å². The normalized spacial score (nSPS) is 29.1. The van der Waals surface area contributed by atoms with Crippen LogP contribution in [0.2, 0.25) is 5.02 Å². The van der Waals surface area contributed by atoms with Crippen molar-refractivity contribution in [3.63, 3.8) is 0 Å². The van der Waals surface area contributed by atoms with Crippen LogP contribution in [0.25, 0.3) is 0 Å². The molecule has 0 bridgehead atoms. The Morgan fingerprint density at radius 1 is 1.17 bits per heavy atom. The summed E-state index contributed by atoms with van der Waals surface area (Å²) in [6.45, 7) is 3.58. The van der Waals surface area contributed by atoms with Gasteiger partial charge in [-0.05, 0) is 25.9 Å². The molecule has 0 amide bonds. The van der Waals surface area contributed by atoms with Crippen molar-refractivity contribution in [2.75, 3.05) is 31.1 Å². The van der Waals surface area contributed by atoms with Crippen LogP contribution in [0.4, 0.5) is 5.95 Å². The Bertz CT molecular complexity index is 407. The summed E-state index contributed by atoms with van der Waals surface area (Å²) in [4.78, 5) is 12.8. The molecule has 18 heavy (non-hydrogen) atoms. The largest absolute Gasteiger partial charge is 0.390 e. The molecular formula is C12H17ClN4O. The molecular weight excluding hydrogens is 252 g/mol. The van der Waals surface area contributed by atoms with Gasteiger partial charge in [0.05, 0.1) is 29.6 Å². The fraction of sp³-hybridized carbons (Fsp3) is 0.667. The second kappa shape index (κ2) is 4.99. The second-order valence-electron chi connectivity index (χ2n) is 4.98. The quantitative estimate of drug-likeness (QED) is 0.859. The maximum atomic E-state index is 10.2. The third-order valence-electron chi connectivity index (χ3n) is 3.76. The fourth-order valence-corrected chi connectivity index (χ4v) is 2.93. The van der Waals surface area contributed by atoms with Crippen molar-refractivity contribution in [2.45, 2.75) is 25.0 Å². The van der Waals surface area contributed by atoms with Gasteiger partial charge >= 0.3 is 0 Å². The van der Waals surface area contributed by atoms with Crippen molar-refractivity contribution in [2.24, 2.45) is 0 Å². The molecule has 5 nitrogen and oxygen atoms in total. The zero-order valence-corrected chi connectivity index (χ0v) is 10.9. The average molecular weight is 269 g/mol. The van der Waals surface area contributed by atoms with E-state index in [0.717, 1.165) is 19.6 Å². The van der Waals surface area contributed by atoms with E-state index in [2.05, 4.69) is 14.9 Å². The van der Waals surface area contributed by atoms with Crippen LogP contribution in [0.3, 0.4) is 0 Å². The third kappa shape index (κ3) is 2.30. The zero-order chi connectivity index (χ0) is 12.5. The Kier molecular flexibility index (Phi) is 3.37. The highest BCUT2D eigenvalue weighted by Gasteiger charge is 2.37. The average Bonchev–Trinajstić information content (AvgIpc) is 2.99. The van der Waals surface area contributed by atoms with Gasteiger partial charge < -0.3 is 10.0 Å². The number of aliphatic hydroxyl groups excluding tert-OH is 1. The maximum Gasteiger partial charge on any atom is 0.225 e. The molecule has 0 radical (unpaired) electrons. The molecule has 3 rings (SSSR count). The number of aromatic nitrogens is 2. The fourth-order valence-electron chi connectivity index (χ4n) is 2.83. The smallest absolute Gasteiger partial charge is 0.225 e. The molecule has 0 unspecified atom stereocenters. The minimum absolute atomic E-state index is 0.215. The topological polar surface area (TPSA) is 52.5 Å². The van der Waals surface area contributed by atoms with E-state index in [1.807, 2.05) is 4.90 Å². The molecule has 0 saturated carbocycles. The Morgan fingerprint density at radius 2 is 1.83 bits per heavy atom. The lowest BCUT2D eigenvalue weighted by Gasteiger charge is -2.25. The number of halogens is 1. The number of β-amino-alcohol motifs (C(OH)–C–C–N with tert-alkyl or cyclic N) is 1. The molecule has 2 fully saturated rings. The van der Waals surface area contributed by atoms with Crippen LogP contribution in [-0.4, -0.2) is 58.3 Å². The molecule has 1 aromatic rings. The number of rotatable bonds is 2. The van der Waals surface area contributed by atoms with Gasteiger partial charge in [-0.1, -0.05) is 11.6 Å². The van der Waals surface area contributed by atoms with Crippen molar-refractivity contribution in [1.82, 2.24) is 14.9 Å². The minimum atomic E-state index is -0.317. The Hall–Kier alpha value is -0.910. The van der Waals surface area contributed by atoms with E-state index in [1.54, 1.807) is 12.4 Å². The predicted molar refractivity (Wildman–Crippen MR) is 69.9 cm³/mol. The predicted octanol–water partition coefficient (Wildman–Crippen LogP) is 0.775. The second-order valence-corrected chi connectivity index (χ2v) is 5.42. The van der Waals surface area contributed by atoms with E-state index < -0.39 is 0 Å². The van der Waals surface area contributed by atoms with Crippen LogP contribution in [0.5, 0.6) is 0 Å². The van der Waals surface area contributed by atoms with Crippen molar-refractivity contribution in [3.05, 3.63) is 17.4 Å². The molecule has 3 heterocycles. The number of anilines is 1. The van der Waals surface area contributed by atoms with Crippen molar-refractivity contribution < 1.29 is 5.11 Å². The van der Waals surface area contributed by atoms with Gasteiger partial charge in [0, 0.05) is 13.1 Å². The standard InChI is InChI=1S/C12H17ClN4O/c13-9-5-14-12(15-6-9)17-7-10(11(18)8-17)16-3-1-2-4-16/h5-6,10-11,18H,1-4,7-8H2/t10-,11+/m0/s1. The Balaban J connectivity index is 1.71. The van der Waals surface area contributed by atoms with Gasteiger partial charge in [-0.2, -0.15) is 0 Å². The van der Waals surface area contributed by atoms with Gasteiger partial charge in [-0.25, -0.2) is 9.97 Å². The summed E-state index contributed by atoms with van der Waals surface area (Å²) in [6.07, 6.45) is 5.35. The third-order valence-corrected chi connectivity index (χ3v) is 3.95. The number of likely N-dealkylation sites (tertiary alicyclic amines) is 1. The molecule has 0 aromatic carbocycles. The molecule has 2 aliphatic heterocycles. The summed E-state index contributed by atoms with van der Waals surface area (Å²) in [5.41, 5.74) is 0. The Labute approximate surface area is 111 Å². The van der Waals surface area contributed by atoms with Gasteiger partial charge in [0.2, 0.25) is 5.95 Å². The molecule has 2 aliphatic rings. The molecule has 2 atom stereocenters. The molecule has 1 aromatic heterocycles. The minimum Gasteiger partial charge on any atom is -0.390 e. The van der Waals surface area contributed by atoms with Gasteiger partial charge in [-0.3, -0.25) is 4.90 Å². The van der Waals surface area contributed by atoms with Crippen LogP contribution in [0.15, 0.2) is 12.4 Å². The number of hydrogen-bond acceptors (Lipinski definition) is 5. The van der Waals surface area contributed by atoms with E-state index in [0.29, 0.717) is 17.5 Å². The molecule has 2 saturated heterocycles. The zero-order valence-electron chi connectivity index (χ0n) is 10.2. The first-order chi connectivity index (χ1) is 8.74. The van der Waals surface area contributed by atoms with Crippen molar-refractivity contribution >= 4 is 17.5 Å². The summed E-state index contributed by atoms with van der Waals surface area (Å²) in [5.74, 6) is 0.653. The van der Waals surface area contributed by atoms with Crippen LogP contribution in [-0.2, 0) is 0 Å². The van der Waals surface area contributed by atoms with E-state index >= 15 is 0 Å². The molecule has 0 spiro atoms. The highest BCUT2D eigenvalue weighted by molar-refractivity contribution is 6.30. The highest BCUT2D eigenvalue weighted by atomic mass is 35.5. The molecule has 98 valence electrons.